The highest BCUT2D eigenvalue weighted by atomic mass is 16.3. The number of carbonyl (C=O) groups is 1. The second-order valence-corrected chi connectivity index (χ2v) is 7.50. The first-order chi connectivity index (χ1) is 11.4. The monoisotopic (exact) mass is 332 g/mol. The van der Waals surface area contributed by atoms with Crippen LogP contribution in [0.1, 0.15) is 57.1 Å². The molecule has 1 saturated heterocycles. The molecule has 4 nitrogen and oxygen atoms in total. The van der Waals surface area contributed by atoms with Gasteiger partial charge in [0.25, 0.3) is 5.91 Å². The molecule has 1 atom stereocenters. The van der Waals surface area contributed by atoms with E-state index in [4.69, 9.17) is 0 Å². The van der Waals surface area contributed by atoms with Crippen molar-refractivity contribution in [1.29, 1.82) is 0 Å². The highest BCUT2D eigenvalue weighted by Gasteiger charge is 2.42. The van der Waals surface area contributed by atoms with Gasteiger partial charge in [0.15, 0.2) is 5.60 Å². The summed E-state index contributed by atoms with van der Waals surface area (Å²) in [6.45, 7) is 9.08. The maximum atomic E-state index is 12.8. The van der Waals surface area contributed by atoms with Gasteiger partial charge < -0.3 is 14.9 Å². The molecule has 4 heteroatoms. The average molecular weight is 332 g/mol. The molecule has 1 aromatic rings. The van der Waals surface area contributed by atoms with Crippen LogP contribution in [0.2, 0.25) is 0 Å². The highest BCUT2D eigenvalue weighted by Crippen LogP contribution is 2.25. The summed E-state index contributed by atoms with van der Waals surface area (Å²) in [5, 5.41) is 10.9. The smallest absolute Gasteiger partial charge is 0.256 e. The molecule has 0 saturated carbocycles. The Labute approximate surface area is 146 Å². The van der Waals surface area contributed by atoms with E-state index in [-0.39, 0.29) is 5.91 Å². The maximum Gasteiger partial charge on any atom is 0.256 e. The van der Waals surface area contributed by atoms with Crippen molar-refractivity contribution in [3.8, 4) is 0 Å². The molecule has 2 rings (SSSR count). The Morgan fingerprint density at radius 2 is 1.96 bits per heavy atom. The summed E-state index contributed by atoms with van der Waals surface area (Å²) in [6.07, 6.45) is 2.43. The number of piperidine rings is 1. The summed E-state index contributed by atoms with van der Waals surface area (Å²) in [5.41, 5.74) is 1.19. The molecule has 0 bridgehead atoms. The average Bonchev–Trinajstić information content (AvgIpc) is 2.52. The van der Waals surface area contributed by atoms with Gasteiger partial charge in [-0.05, 0) is 49.9 Å². The first-order valence-corrected chi connectivity index (χ1v) is 9.15. The zero-order valence-electron chi connectivity index (χ0n) is 15.6. The molecule has 0 aliphatic carbocycles. The van der Waals surface area contributed by atoms with Crippen molar-refractivity contribution >= 4 is 5.91 Å². The van der Waals surface area contributed by atoms with Gasteiger partial charge in [0, 0.05) is 19.6 Å². The fourth-order valence-corrected chi connectivity index (χ4v) is 3.50. The number of hydrogen-bond donors (Lipinski definition) is 1. The minimum absolute atomic E-state index is 0.121. The van der Waals surface area contributed by atoms with Gasteiger partial charge in [-0.1, -0.05) is 45.0 Å². The van der Waals surface area contributed by atoms with Gasteiger partial charge in [0.2, 0.25) is 0 Å². The fourth-order valence-electron chi connectivity index (χ4n) is 3.50. The van der Waals surface area contributed by atoms with Crippen LogP contribution in [0.3, 0.4) is 0 Å². The third kappa shape index (κ3) is 4.58. The number of likely N-dealkylation sites (N-methyl/N-ethyl adjacent to an activating group) is 1. The van der Waals surface area contributed by atoms with Crippen LogP contribution >= 0.6 is 0 Å². The normalized spacial score (nSPS) is 21.8. The minimum atomic E-state index is -1.24. The molecule has 0 aromatic heterocycles. The third-order valence-corrected chi connectivity index (χ3v) is 4.86. The van der Waals surface area contributed by atoms with Crippen molar-refractivity contribution in [3.05, 3.63) is 35.4 Å². The van der Waals surface area contributed by atoms with E-state index >= 15 is 0 Å². The first-order valence-electron chi connectivity index (χ1n) is 9.15. The Bertz CT molecular complexity index is 541. The topological polar surface area (TPSA) is 43.8 Å². The van der Waals surface area contributed by atoms with Gasteiger partial charge in [-0.3, -0.25) is 4.79 Å². The van der Waals surface area contributed by atoms with Gasteiger partial charge >= 0.3 is 0 Å². The molecule has 1 heterocycles. The molecular formula is C20H32N2O2. The number of nitrogens with zero attached hydrogens (tertiary/aromatic N) is 2. The van der Waals surface area contributed by atoms with Crippen LogP contribution < -0.4 is 0 Å². The van der Waals surface area contributed by atoms with Crippen LogP contribution in [-0.2, 0) is 11.3 Å². The molecule has 0 radical (unpaired) electrons. The Morgan fingerprint density at radius 3 is 2.54 bits per heavy atom. The summed E-state index contributed by atoms with van der Waals surface area (Å²) in [7, 11) is 1.97. The predicted octanol–water partition coefficient (Wildman–Crippen LogP) is 3.01. The van der Waals surface area contributed by atoms with Crippen molar-refractivity contribution in [2.75, 3.05) is 26.7 Å². The number of carbonyl (C=O) groups excluding carboxylic acids is 1. The van der Waals surface area contributed by atoms with Gasteiger partial charge in [-0.2, -0.15) is 0 Å². The number of likely N-dealkylation sites (tertiary alicyclic amines) is 1. The van der Waals surface area contributed by atoms with E-state index in [1.807, 2.05) is 11.9 Å². The lowest BCUT2D eigenvalue weighted by atomic mass is 9.90. The summed E-state index contributed by atoms with van der Waals surface area (Å²) in [6, 6.07) is 8.46. The largest absolute Gasteiger partial charge is 0.379 e. The molecule has 134 valence electrons. The number of rotatable bonds is 7. The van der Waals surface area contributed by atoms with Crippen molar-refractivity contribution < 1.29 is 9.90 Å². The van der Waals surface area contributed by atoms with Crippen molar-refractivity contribution in [3.63, 3.8) is 0 Å². The van der Waals surface area contributed by atoms with Crippen LogP contribution in [-0.4, -0.2) is 53.1 Å². The molecule has 24 heavy (non-hydrogen) atoms. The number of benzene rings is 1. The SMILES string of the molecule is CCCN(C)C[C@]1(O)CCCN(Cc2ccc(C(C)C)cc2)C1=O. The lowest BCUT2D eigenvalue weighted by molar-refractivity contribution is -0.159. The summed E-state index contributed by atoms with van der Waals surface area (Å²) in [5.74, 6) is 0.388. The predicted molar refractivity (Wildman–Crippen MR) is 97.9 cm³/mol. The van der Waals surface area contributed by atoms with E-state index < -0.39 is 5.60 Å². The molecule has 0 unspecified atom stereocenters. The molecule has 1 aliphatic heterocycles. The molecule has 1 aromatic carbocycles. The maximum absolute atomic E-state index is 12.8. The summed E-state index contributed by atoms with van der Waals surface area (Å²) >= 11 is 0. The Morgan fingerprint density at radius 1 is 1.29 bits per heavy atom. The molecule has 1 amide bonds. The number of amides is 1. The van der Waals surface area contributed by atoms with Crippen LogP contribution in [0.4, 0.5) is 0 Å². The minimum Gasteiger partial charge on any atom is -0.379 e. The van der Waals surface area contributed by atoms with Gasteiger partial charge in [0.1, 0.15) is 0 Å². The molecule has 1 N–H and O–H groups in total. The van der Waals surface area contributed by atoms with E-state index in [1.54, 1.807) is 0 Å². The molecule has 1 fully saturated rings. The first kappa shape index (κ1) is 18.9. The van der Waals surface area contributed by atoms with Gasteiger partial charge in [0.05, 0.1) is 0 Å². The van der Waals surface area contributed by atoms with Crippen molar-refractivity contribution in [1.82, 2.24) is 9.80 Å². The van der Waals surface area contributed by atoms with Gasteiger partial charge in [-0.25, -0.2) is 0 Å². The van der Waals surface area contributed by atoms with Crippen LogP contribution in [0.15, 0.2) is 24.3 Å². The quantitative estimate of drug-likeness (QED) is 0.835. The van der Waals surface area contributed by atoms with E-state index in [1.165, 1.54) is 5.56 Å². The van der Waals surface area contributed by atoms with Crippen molar-refractivity contribution in [2.24, 2.45) is 0 Å². The van der Waals surface area contributed by atoms with E-state index in [2.05, 4.69) is 49.9 Å². The fraction of sp³-hybridized carbons (Fsp3) is 0.650. The third-order valence-electron chi connectivity index (χ3n) is 4.86. The molecule has 0 spiro atoms. The van der Waals surface area contributed by atoms with Crippen LogP contribution in [0.5, 0.6) is 0 Å². The zero-order chi connectivity index (χ0) is 17.7. The summed E-state index contributed by atoms with van der Waals surface area (Å²) < 4.78 is 0. The molecule has 1 aliphatic rings. The Hall–Kier alpha value is -1.39. The number of hydrogen-bond acceptors (Lipinski definition) is 3. The second-order valence-electron chi connectivity index (χ2n) is 7.50. The van der Waals surface area contributed by atoms with Crippen LogP contribution in [0, 0.1) is 0 Å². The van der Waals surface area contributed by atoms with Crippen molar-refractivity contribution in [2.45, 2.75) is 58.1 Å². The standard InChI is InChI=1S/C20H32N2O2/c1-5-12-21(4)15-20(24)11-6-13-22(19(20)23)14-17-7-9-18(10-8-17)16(2)3/h7-10,16,24H,5-6,11-15H2,1-4H3/t20-/m1/s1. The van der Waals surface area contributed by atoms with E-state index in [0.717, 1.165) is 31.5 Å². The Balaban J connectivity index is 2.03. The second kappa shape index (κ2) is 8.13. The summed E-state index contributed by atoms with van der Waals surface area (Å²) in [4.78, 5) is 16.7. The van der Waals surface area contributed by atoms with Gasteiger partial charge in [-0.15, -0.1) is 0 Å². The van der Waals surface area contributed by atoms with Crippen LogP contribution in [0.25, 0.3) is 0 Å². The number of aliphatic hydroxyl groups is 1. The highest BCUT2D eigenvalue weighted by molar-refractivity contribution is 5.86. The molecular weight excluding hydrogens is 300 g/mol. The van der Waals surface area contributed by atoms with E-state index in [0.29, 0.717) is 25.4 Å². The van der Waals surface area contributed by atoms with E-state index in [9.17, 15) is 9.90 Å². The lowest BCUT2D eigenvalue weighted by Crippen LogP contribution is -2.57. The Kier molecular flexibility index (Phi) is 6.41. The zero-order valence-corrected chi connectivity index (χ0v) is 15.6. The lowest BCUT2D eigenvalue weighted by Gasteiger charge is -2.40.